The Morgan fingerprint density at radius 1 is 1.03 bits per heavy atom. The van der Waals surface area contributed by atoms with Gasteiger partial charge in [-0.25, -0.2) is 4.79 Å². The minimum Gasteiger partial charge on any atom is -0.497 e. The monoisotopic (exact) mass is 414 g/mol. The number of hydrogen-bond donors (Lipinski definition) is 2. The summed E-state index contributed by atoms with van der Waals surface area (Å²) in [5.41, 5.74) is 1.56. The Kier molecular flexibility index (Phi) is 5.39. The molecule has 0 spiro atoms. The number of ether oxygens (including phenoxy) is 4. The molecule has 2 aliphatic rings. The molecule has 2 aromatic carbocycles. The van der Waals surface area contributed by atoms with Gasteiger partial charge in [0.15, 0.2) is 18.1 Å². The lowest BCUT2D eigenvalue weighted by Crippen LogP contribution is -2.23. The molecule has 0 amide bonds. The van der Waals surface area contributed by atoms with Crippen molar-refractivity contribution in [2.24, 2.45) is 5.92 Å². The van der Waals surface area contributed by atoms with Crippen LogP contribution in [0, 0.1) is 5.92 Å². The van der Waals surface area contributed by atoms with Crippen molar-refractivity contribution in [2.75, 3.05) is 20.5 Å². The van der Waals surface area contributed by atoms with Crippen molar-refractivity contribution in [3.8, 4) is 23.0 Å². The van der Waals surface area contributed by atoms with E-state index in [0.29, 0.717) is 41.4 Å². The van der Waals surface area contributed by atoms with Gasteiger partial charge in [-0.05, 0) is 48.1 Å². The van der Waals surface area contributed by atoms with Crippen LogP contribution in [0.2, 0.25) is 0 Å². The summed E-state index contributed by atoms with van der Waals surface area (Å²) in [6, 6.07) is 10.6. The maximum atomic E-state index is 12.3. The van der Waals surface area contributed by atoms with Gasteiger partial charge in [0, 0.05) is 12.0 Å². The standard InChI is InChI=1S/C22H22O8/c1-27-13-3-4-15(18(9-13)28-10-20(23)24)16-6-5-14(21(16)22(25)26)12-2-7-17-19(8-12)30-11-29-17/h2-4,7-9,14,16,21H,5-6,10-11H2,1H3,(H,23,24)(H,25,26). The number of carboxylic acid groups (broad SMARTS) is 2. The van der Waals surface area contributed by atoms with Gasteiger partial charge in [0.1, 0.15) is 11.5 Å². The first-order valence-electron chi connectivity index (χ1n) is 9.63. The summed E-state index contributed by atoms with van der Waals surface area (Å²) < 4.78 is 21.5. The summed E-state index contributed by atoms with van der Waals surface area (Å²) in [6.07, 6.45) is 1.30. The van der Waals surface area contributed by atoms with Crippen LogP contribution < -0.4 is 18.9 Å². The van der Waals surface area contributed by atoms with Gasteiger partial charge < -0.3 is 29.2 Å². The summed E-state index contributed by atoms with van der Waals surface area (Å²) in [7, 11) is 1.50. The molecule has 158 valence electrons. The van der Waals surface area contributed by atoms with Gasteiger partial charge in [-0.2, -0.15) is 0 Å². The number of methoxy groups -OCH3 is 1. The molecular weight excluding hydrogens is 392 g/mol. The van der Waals surface area contributed by atoms with E-state index in [0.717, 1.165) is 5.56 Å². The topological polar surface area (TPSA) is 112 Å². The van der Waals surface area contributed by atoms with E-state index in [2.05, 4.69) is 0 Å². The molecule has 0 saturated heterocycles. The summed E-state index contributed by atoms with van der Waals surface area (Å²) in [6.45, 7) is -0.360. The van der Waals surface area contributed by atoms with Crippen LogP contribution in [0.1, 0.15) is 35.8 Å². The number of fused-ring (bicyclic) bond motifs is 1. The zero-order valence-electron chi connectivity index (χ0n) is 16.4. The molecule has 1 aliphatic heterocycles. The highest BCUT2D eigenvalue weighted by Crippen LogP contribution is 2.52. The van der Waals surface area contributed by atoms with Crippen LogP contribution in [0.4, 0.5) is 0 Å². The number of carbonyl (C=O) groups is 2. The fourth-order valence-corrected chi connectivity index (χ4v) is 4.42. The first-order chi connectivity index (χ1) is 14.5. The molecule has 3 unspecified atom stereocenters. The average Bonchev–Trinajstić information content (AvgIpc) is 3.38. The fourth-order valence-electron chi connectivity index (χ4n) is 4.42. The van der Waals surface area contributed by atoms with E-state index in [4.69, 9.17) is 24.1 Å². The highest BCUT2D eigenvalue weighted by molar-refractivity contribution is 5.74. The van der Waals surface area contributed by atoms with E-state index in [1.165, 1.54) is 7.11 Å². The van der Waals surface area contributed by atoms with Crippen molar-refractivity contribution in [3.05, 3.63) is 47.5 Å². The van der Waals surface area contributed by atoms with E-state index < -0.39 is 24.5 Å². The average molecular weight is 414 g/mol. The molecular formula is C22H22O8. The molecule has 8 nitrogen and oxygen atoms in total. The van der Waals surface area contributed by atoms with Crippen LogP contribution in [0.3, 0.4) is 0 Å². The Bertz CT molecular complexity index is 970. The predicted octanol–water partition coefficient (Wildman–Crippen LogP) is 3.25. The highest BCUT2D eigenvalue weighted by atomic mass is 16.7. The maximum Gasteiger partial charge on any atom is 0.341 e. The smallest absolute Gasteiger partial charge is 0.341 e. The third kappa shape index (κ3) is 3.72. The van der Waals surface area contributed by atoms with Crippen LogP contribution in [-0.2, 0) is 9.59 Å². The zero-order chi connectivity index (χ0) is 21.3. The van der Waals surface area contributed by atoms with Crippen LogP contribution in [0.25, 0.3) is 0 Å². The van der Waals surface area contributed by atoms with E-state index in [-0.39, 0.29) is 18.6 Å². The van der Waals surface area contributed by atoms with Gasteiger partial charge in [0.05, 0.1) is 13.0 Å². The quantitative estimate of drug-likeness (QED) is 0.710. The first-order valence-corrected chi connectivity index (χ1v) is 9.63. The van der Waals surface area contributed by atoms with Crippen molar-refractivity contribution in [1.82, 2.24) is 0 Å². The molecule has 1 heterocycles. The molecule has 2 aromatic rings. The fraction of sp³-hybridized carbons (Fsp3) is 0.364. The Morgan fingerprint density at radius 3 is 2.53 bits per heavy atom. The molecule has 1 aliphatic carbocycles. The van der Waals surface area contributed by atoms with E-state index >= 15 is 0 Å². The van der Waals surface area contributed by atoms with Gasteiger partial charge in [0.25, 0.3) is 0 Å². The van der Waals surface area contributed by atoms with Crippen molar-refractivity contribution >= 4 is 11.9 Å². The highest BCUT2D eigenvalue weighted by Gasteiger charge is 2.44. The molecule has 4 rings (SSSR count). The second-order valence-electron chi connectivity index (χ2n) is 7.35. The number of benzene rings is 2. The Labute approximate surface area is 172 Å². The normalized spacial score (nSPS) is 22.0. The number of aliphatic carboxylic acids is 2. The number of carboxylic acids is 2. The minimum atomic E-state index is -1.11. The lowest BCUT2D eigenvalue weighted by molar-refractivity contribution is -0.143. The molecule has 30 heavy (non-hydrogen) atoms. The minimum absolute atomic E-state index is 0.157. The molecule has 2 N–H and O–H groups in total. The molecule has 3 atom stereocenters. The molecule has 8 heteroatoms. The van der Waals surface area contributed by atoms with E-state index in [9.17, 15) is 14.7 Å². The van der Waals surface area contributed by atoms with Crippen molar-refractivity contribution < 1.29 is 38.7 Å². The van der Waals surface area contributed by atoms with E-state index in [1.807, 2.05) is 12.1 Å². The Morgan fingerprint density at radius 2 is 1.80 bits per heavy atom. The van der Waals surface area contributed by atoms with Crippen molar-refractivity contribution in [2.45, 2.75) is 24.7 Å². The summed E-state index contributed by atoms with van der Waals surface area (Å²) in [5, 5.41) is 19.1. The second-order valence-corrected chi connectivity index (χ2v) is 7.35. The molecule has 0 radical (unpaired) electrons. The largest absolute Gasteiger partial charge is 0.497 e. The number of hydrogen-bond acceptors (Lipinski definition) is 6. The molecule has 1 fully saturated rings. The second kappa shape index (κ2) is 8.14. The van der Waals surface area contributed by atoms with Crippen molar-refractivity contribution in [1.29, 1.82) is 0 Å². The predicted molar refractivity (Wildman–Crippen MR) is 105 cm³/mol. The maximum absolute atomic E-state index is 12.3. The third-order valence-electron chi connectivity index (χ3n) is 5.74. The van der Waals surface area contributed by atoms with Gasteiger partial charge in [-0.1, -0.05) is 12.1 Å². The van der Waals surface area contributed by atoms with Gasteiger partial charge in [-0.15, -0.1) is 0 Å². The molecule has 0 bridgehead atoms. The van der Waals surface area contributed by atoms with Crippen LogP contribution in [-0.4, -0.2) is 42.7 Å². The van der Waals surface area contributed by atoms with Crippen LogP contribution in [0.15, 0.2) is 36.4 Å². The van der Waals surface area contributed by atoms with Crippen LogP contribution >= 0.6 is 0 Å². The summed E-state index contributed by atoms with van der Waals surface area (Å²) >= 11 is 0. The lowest BCUT2D eigenvalue weighted by atomic mass is 9.81. The van der Waals surface area contributed by atoms with Crippen molar-refractivity contribution in [3.63, 3.8) is 0 Å². The SMILES string of the molecule is COc1ccc(C2CCC(c3ccc4c(c3)OCO4)C2C(=O)O)c(OCC(=O)O)c1. The Balaban J connectivity index is 1.67. The van der Waals surface area contributed by atoms with Gasteiger partial charge in [-0.3, -0.25) is 4.79 Å². The summed E-state index contributed by atoms with van der Waals surface area (Å²) in [5.74, 6) is -1.12. The Hall–Kier alpha value is -3.42. The van der Waals surface area contributed by atoms with Gasteiger partial charge in [0.2, 0.25) is 6.79 Å². The lowest BCUT2D eigenvalue weighted by Gasteiger charge is -2.24. The van der Waals surface area contributed by atoms with Crippen LogP contribution in [0.5, 0.6) is 23.0 Å². The van der Waals surface area contributed by atoms with Gasteiger partial charge >= 0.3 is 11.9 Å². The third-order valence-corrected chi connectivity index (χ3v) is 5.74. The molecule has 1 saturated carbocycles. The first kappa shape index (κ1) is 19.9. The number of rotatable bonds is 7. The molecule has 0 aromatic heterocycles. The zero-order valence-corrected chi connectivity index (χ0v) is 16.4. The summed E-state index contributed by atoms with van der Waals surface area (Å²) in [4.78, 5) is 23.3. The van der Waals surface area contributed by atoms with E-state index in [1.54, 1.807) is 24.3 Å².